The maximum Gasteiger partial charge on any atom is 0.305 e. The third kappa shape index (κ3) is 9.76. The lowest BCUT2D eigenvalue weighted by molar-refractivity contribution is -0.211. The summed E-state index contributed by atoms with van der Waals surface area (Å²) in [4.78, 5) is 11.4. The molecule has 4 aliphatic rings. The quantitative estimate of drug-likeness (QED) is 0.111. The minimum atomic E-state index is -0.382. The van der Waals surface area contributed by atoms with Gasteiger partial charge in [-0.05, 0) is 76.5 Å². The molecule has 2 aliphatic heterocycles. The fourth-order valence-corrected chi connectivity index (χ4v) is 7.46. The topological polar surface area (TPSA) is 83.5 Å². The van der Waals surface area contributed by atoms with E-state index in [1.165, 1.54) is 45.6 Å². The first-order valence-corrected chi connectivity index (χ1v) is 17.0. The third-order valence-electron chi connectivity index (χ3n) is 10.2. The minimum Gasteiger partial charge on any atom is -0.469 e. The standard InChI is InChI=1S/C34H58O7/c1-3-4-20-34(21-13-22-34)30(41-33-17-10-12-24-39-33)19-18-27-26(14-7-5-6-8-15-31(36)37-2)28(35)25-29(27)40-32-16-9-11-23-38-32/h18-19,26-30,32-33,35H,3-17,20-25H2,1-2H3/b19-18+/t26-,27-,28+,29-,30-,32?,33?/m1/s1. The van der Waals surface area contributed by atoms with E-state index in [1.54, 1.807) is 0 Å². The van der Waals surface area contributed by atoms with Gasteiger partial charge in [0.25, 0.3) is 0 Å². The van der Waals surface area contributed by atoms with Crippen LogP contribution in [0.3, 0.4) is 0 Å². The van der Waals surface area contributed by atoms with Gasteiger partial charge in [-0.15, -0.1) is 0 Å². The summed E-state index contributed by atoms with van der Waals surface area (Å²) >= 11 is 0. The number of unbranched alkanes of at least 4 members (excludes halogenated alkanes) is 4. The Kier molecular flexibility index (Phi) is 13.9. The summed E-state index contributed by atoms with van der Waals surface area (Å²) in [6, 6.07) is 0. The van der Waals surface area contributed by atoms with Crippen LogP contribution in [-0.2, 0) is 28.5 Å². The van der Waals surface area contributed by atoms with Crippen LogP contribution >= 0.6 is 0 Å². The number of ether oxygens (including phenoxy) is 5. The van der Waals surface area contributed by atoms with Crippen molar-refractivity contribution in [1.82, 2.24) is 0 Å². The lowest BCUT2D eigenvalue weighted by Crippen LogP contribution is -2.44. The Bertz CT molecular complexity index is 769. The molecule has 0 aromatic heterocycles. The Morgan fingerprint density at radius 1 is 0.976 bits per heavy atom. The van der Waals surface area contributed by atoms with Gasteiger partial charge in [-0.1, -0.05) is 57.6 Å². The third-order valence-corrected chi connectivity index (χ3v) is 10.2. The lowest BCUT2D eigenvalue weighted by Gasteiger charge is -2.48. The maximum absolute atomic E-state index is 11.4. The normalized spacial score (nSPS) is 32.6. The summed E-state index contributed by atoms with van der Waals surface area (Å²) < 4.78 is 30.1. The average molecular weight is 579 g/mol. The first kappa shape index (κ1) is 32.9. The van der Waals surface area contributed by atoms with Crippen molar-refractivity contribution in [3.8, 4) is 0 Å². The van der Waals surface area contributed by atoms with Crippen LogP contribution in [-0.4, -0.2) is 62.3 Å². The van der Waals surface area contributed by atoms with E-state index in [0.717, 1.165) is 83.8 Å². The molecule has 0 bridgehead atoms. The minimum absolute atomic E-state index is 0.0363. The number of methoxy groups -OCH3 is 1. The second-order valence-electron chi connectivity index (χ2n) is 13.1. The van der Waals surface area contributed by atoms with E-state index in [4.69, 9.17) is 23.7 Å². The predicted octanol–water partition coefficient (Wildman–Crippen LogP) is 7.24. The van der Waals surface area contributed by atoms with Gasteiger partial charge in [0.1, 0.15) is 0 Å². The van der Waals surface area contributed by atoms with Gasteiger partial charge < -0.3 is 28.8 Å². The van der Waals surface area contributed by atoms with Gasteiger partial charge in [0.15, 0.2) is 12.6 Å². The number of rotatable bonds is 17. The molecule has 4 rings (SSSR count). The van der Waals surface area contributed by atoms with Crippen molar-refractivity contribution in [3.63, 3.8) is 0 Å². The summed E-state index contributed by atoms with van der Waals surface area (Å²) in [5.41, 5.74) is 0.197. The summed E-state index contributed by atoms with van der Waals surface area (Å²) in [5, 5.41) is 11.3. The molecule has 7 heteroatoms. The predicted molar refractivity (Wildman–Crippen MR) is 159 cm³/mol. The van der Waals surface area contributed by atoms with Crippen molar-refractivity contribution < 1.29 is 33.6 Å². The van der Waals surface area contributed by atoms with E-state index in [1.807, 2.05) is 0 Å². The summed E-state index contributed by atoms with van der Waals surface area (Å²) in [6.07, 6.45) is 23.8. The van der Waals surface area contributed by atoms with Gasteiger partial charge in [-0.2, -0.15) is 0 Å². The highest BCUT2D eigenvalue weighted by molar-refractivity contribution is 5.68. The van der Waals surface area contributed by atoms with Crippen molar-refractivity contribution >= 4 is 5.97 Å². The number of esters is 1. The number of aliphatic hydroxyl groups excluding tert-OH is 1. The second-order valence-corrected chi connectivity index (χ2v) is 13.1. The van der Waals surface area contributed by atoms with Crippen LogP contribution < -0.4 is 0 Å². The molecule has 2 saturated heterocycles. The molecule has 1 N–H and O–H groups in total. The molecule has 0 aromatic carbocycles. The summed E-state index contributed by atoms with van der Waals surface area (Å²) in [7, 11) is 1.45. The largest absolute Gasteiger partial charge is 0.469 e. The van der Waals surface area contributed by atoms with Crippen LogP contribution in [0.4, 0.5) is 0 Å². The molecular formula is C34H58O7. The van der Waals surface area contributed by atoms with Crippen LogP contribution in [0.2, 0.25) is 0 Å². The van der Waals surface area contributed by atoms with E-state index >= 15 is 0 Å². The first-order chi connectivity index (χ1) is 20.0. The Labute approximate surface area is 249 Å². The Hall–Kier alpha value is -0.990. The molecule has 0 radical (unpaired) electrons. The smallest absolute Gasteiger partial charge is 0.305 e. The first-order valence-electron chi connectivity index (χ1n) is 17.0. The fraction of sp³-hybridized carbons (Fsp3) is 0.912. The average Bonchev–Trinajstić information content (AvgIpc) is 3.26. The Balaban J connectivity index is 1.45. The molecule has 2 saturated carbocycles. The van der Waals surface area contributed by atoms with Crippen molar-refractivity contribution in [1.29, 1.82) is 0 Å². The van der Waals surface area contributed by atoms with Crippen molar-refractivity contribution in [2.45, 2.75) is 160 Å². The molecule has 0 amide bonds. The lowest BCUT2D eigenvalue weighted by atomic mass is 9.62. The zero-order chi connectivity index (χ0) is 28.9. The Morgan fingerprint density at radius 2 is 1.71 bits per heavy atom. The Morgan fingerprint density at radius 3 is 2.34 bits per heavy atom. The number of hydrogen-bond acceptors (Lipinski definition) is 7. The van der Waals surface area contributed by atoms with Gasteiger partial charge in [-0.3, -0.25) is 4.79 Å². The van der Waals surface area contributed by atoms with Crippen molar-refractivity contribution in [3.05, 3.63) is 12.2 Å². The second kappa shape index (κ2) is 17.3. The molecule has 2 aliphatic carbocycles. The number of carbonyl (C=O) groups is 1. The molecule has 7 atom stereocenters. The molecule has 0 spiro atoms. The molecule has 0 aromatic rings. The van der Waals surface area contributed by atoms with Crippen molar-refractivity contribution in [2.24, 2.45) is 17.3 Å². The van der Waals surface area contributed by atoms with E-state index < -0.39 is 0 Å². The van der Waals surface area contributed by atoms with Gasteiger partial charge >= 0.3 is 5.97 Å². The molecule has 7 nitrogen and oxygen atoms in total. The van der Waals surface area contributed by atoms with Crippen molar-refractivity contribution in [2.75, 3.05) is 20.3 Å². The SMILES string of the molecule is CCCCC1([C@@H](/C=C/[C@@H]2[C@@H](CCCCCCC(=O)OC)[C@@H](O)C[C@H]2OC2CCCCO2)OC2CCCCO2)CCC1. The van der Waals surface area contributed by atoms with Gasteiger partial charge in [0.05, 0.1) is 25.4 Å². The molecule has 41 heavy (non-hydrogen) atoms. The van der Waals surface area contributed by atoms with Crippen LogP contribution in [0.25, 0.3) is 0 Å². The van der Waals surface area contributed by atoms with E-state index in [0.29, 0.717) is 12.8 Å². The highest BCUT2D eigenvalue weighted by atomic mass is 16.7. The van der Waals surface area contributed by atoms with E-state index in [9.17, 15) is 9.90 Å². The number of aliphatic hydroxyl groups is 1. The summed E-state index contributed by atoms with van der Waals surface area (Å²) in [6.45, 7) is 3.82. The van der Waals surface area contributed by atoms with E-state index in [2.05, 4.69) is 19.1 Å². The van der Waals surface area contributed by atoms with Crippen LogP contribution in [0.15, 0.2) is 12.2 Å². The monoisotopic (exact) mass is 578 g/mol. The number of hydrogen-bond donors (Lipinski definition) is 1. The molecule has 2 unspecified atom stereocenters. The van der Waals surface area contributed by atoms with E-state index in [-0.39, 0.29) is 54.1 Å². The van der Waals surface area contributed by atoms with Crippen LogP contribution in [0, 0.1) is 17.3 Å². The zero-order valence-corrected chi connectivity index (χ0v) is 25.9. The zero-order valence-electron chi connectivity index (χ0n) is 25.9. The van der Waals surface area contributed by atoms with Gasteiger partial charge in [-0.25, -0.2) is 0 Å². The highest BCUT2D eigenvalue weighted by Gasteiger charge is 2.46. The van der Waals surface area contributed by atoms with Crippen LogP contribution in [0.1, 0.15) is 129 Å². The molecular weight excluding hydrogens is 520 g/mol. The van der Waals surface area contributed by atoms with Gasteiger partial charge in [0.2, 0.25) is 0 Å². The number of carbonyl (C=O) groups excluding carboxylic acids is 1. The highest BCUT2D eigenvalue weighted by Crippen LogP contribution is 2.50. The molecule has 2 heterocycles. The van der Waals surface area contributed by atoms with Gasteiger partial charge in [0, 0.05) is 37.4 Å². The fourth-order valence-electron chi connectivity index (χ4n) is 7.46. The maximum atomic E-state index is 11.4. The molecule has 4 fully saturated rings. The van der Waals surface area contributed by atoms with Crippen LogP contribution in [0.5, 0.6) is 0 Å². The summed E-state index contributed by atoms with van der Waals surface area (Å²) in [5.74, 6) is 0.150. The molecule has 236 valence electrons.